The molecule has 2 heterocycles. The Morgan fingerprint density at radius 1 is 0.966 bits per heavy atom. The number of amides is 1. The minimum atomic E-state index is -0.308. The number of carbonyl (C=O) groups excluding carboxylic acids is 1. The highest BCUT2D eigenvalue weighted by Crippen LogP contribution is 2.58. The van der Waals surface area contributed by atoms with Gasteiger partial charge in [-0.25, -0.2) is 0 Å². The van der Waals surface area contributed by atoms with Crippen LogP contribution in [0.3, 0.4) is 0 Å². The topological polar surface area (TPSA) is 72.1 Å². The molecule has 3 aromatic rings. The van der Waals surface area contributed by atoms with Crippen LogP contribution in [0.5, 0.6) is 0 Å². The van der Waals surface area contributed by atoms with E-state index >= 15 is 0 Å². The van der Waals surface area contributed by atoms with Gasteiger partial charge in [0.05, 0.1) is 17.4 Å². The second kappa shape index (κ2) is 6.34. The van der Waals surface area contributed by atoms with Crippen molar-refractivity contribution in [2.45, 2.75) is 57.0 Å². The Balaban J connectivity index is 1.49. The number of hydrogen-bond donors (Lipinski definition) is 1. The Morgan fingerprint density at radius 2 is 1.69 bits per heavy atom. The Hall–Kier alpha value is -2.31. The summed E-state index contributed by atoms with van der Waals surface area (Å²) in [6.07, 6.45) is 4.24. The molecule has 2 aliphatic rings. The number of nitrogens with zero attached hydrogens (tertiary/aromatic N) is 3. The second-order valence-corrected chi connectivity index (χ2v) is 9.70. The van der Waals surface area contributed by atoms with E-state index < -0.39 is 0 Å². The maximum absolute atomic E-state index is 13.3. The number of hydrogen-bond acceptors (Lipinski definition) is 5. The summed E-state index contributed by atoms with van der Waals surface area (Å²) in [5, 5.41) is 0. The van der Waals surface area contributed by atoms with Crippen LogP contribution in [-0.4, -0.2) is 20.2 Å². The van der Waals surface area contributed by atoms with Gasteiger partial charge in [-0.05, 0) is 57.2 Å². The third-order valence-corrected chi connectivity index (χ3v) is 8.09. The van der Waals surface area contributed by atoms with Crippen molar-refractivity contribution in [1.29, 1.82) is 0 Å². The molecule has 1 spiro atoms. The Bertz CT molecular complexity index is 1070. The van der Waals surface area contributed by atoms with Gasteiger partial charge in [-0.15, -0.1) is 0 Å². The zero-order chi connectivity index (χ0) is 20.3. The minimum absolute atomic E-state index is 0.0760. The van der Waals surface area contributed by atoms with Gasteiger partial charge in [0, 0.05) is 22.9 Å². The van der Waals surface area contributed by atoms with Gasteiger partial charge in [0.15, 0.2) is 0 Å². The van der Waals surface area contributed by atoms with Gasteiger partial charge in [-0.2, -0.15) is 8.75 Å². The molecule has 2 N–H and O–H groups in total. The van der Waals surface area contributed by atoms with Crippen LogP contribution >= 0.6 is 11.7 Å². The van der Waals surface area contributed by atoms with Crippen LogP contribution in [0.4, 0.5) is 5.69 Å². The van der Waals surface area contributed by atoms with E-state index in [-0.39, 0.29) is 22.4 Å². The lowest BCUT2D eigenvalue weighted by molar-refractivity contribution is -0.118. The van der Waals surface area contributed by atoms with Crippen molar-refractivity contribution in [2.75, 3.05) is 4.90 Å². The molecule has 0 radical (unpaired) electrons. The molecule has 1 aromatic heterocycles. The molecule has 0 bridgehead atoms. The highest BCUT2D eigenvalue weighted by Gasteiger charge is 2.59. The molecule has 29 heavy (non-hydrogen) atoms. The summed E-state index contributed by atoms with van der Waals surface area (Å²) in [5.41, 5.74) is 9.92. The van der Waals surface area contributed by atoms with Crippen LogP contribution in [0.2, 0.25) is 0 Å². The maximum Gasteiger partial charge on any atom is 0.228 e. The number of anilines is 1. The molecule has 1 aliphatic heterocycles. The van der Waals surface area contributed by atoms with Crippen LogP contribution in [0, 0.1) is 5.41 Å². The average molecular weight is 407 g/mol. The van der Waals surface area contributed by atoms with Gasteiger partial charge in [0.25, 0.3) is 0 Å². The molecular weight excluding hydrogens is 380 g/mol. The van der Waals surface area contributed by atoms with Crippen molar-refractivity contribution >= 4 is 34.4 Å². The molecule has 6 heteroatoms. The van der Waals surface area contributed by atoms with E-state index in [1.54, 1.807) is 0 Å². The molecule has 150 valence electrons. The summed E-state index contributed by atoms with van der Waals surface area (Å²) in [6, 6.07) is 16.3. The second-order valence-electron chi connectivity index (χ2n) is 9.18. The van der Waals surface area contributed by atoms with Crippen LogP contribution in [0.15, 0.2) is 48.5 Å². The third kappa shape index (κ3) is 2.66. The fourth-order valence-electron chi connectivity index (χ4n) is 5.56. The van der Waals surface area contributed by atoms with Crippen LogP contribution in [0.25, 0.3) is 11.0 Å². The summed E-state index contributed by atoms with van der Waals surface area (Å²) in [7, 11) is 0. The largest absolute Gasteiger partial charge is 0.321 e. The number of carbonyl (C=O) groups is 1. The number of rotatable bonds is 2. The predicted molar refractivity (Wildman–Crippen MR) is 117 cm³/mol. The van der Waals surface area contributed by atoms with Crippen molar-refractivity contribution < 1.29 is 4.79 Å². The Kier molecular flexibility index (Phi) is 4.09. The molecule has 2 fully saturated rings. The Labute approximate surface area is 175 Å². The van der Waals surface area contributed by atoms with Crippen LogP contribution < -0.4 is 10.6 Å². The van der Waals surface area contributed by atoms with E-state index in [1.165, 1.54) is 17.3 Å². The van der Waals surface area contributed by atoms with Crippen LogP contribution in [-0.2, 0) is 10.3 Å². The van der Waals surface area contributed by atoms with E-state index in [1.807, 2.05) is 29.2 Å². The highest BCUT2D eigenvalue weighted by atomic mass is 32.1. The van der Waals surface area contributed by atoms with E-state index in [0.717, 1.165) is 42.4 Å². The molecule has 1 saturated carbocycles. The van der Waals surface area contributed by atoms with Gasteiger partial charge in [0.2, 0.25) is 5.91 Å². The van der Waals surface area contributed by atoms with E-state index in [0.29, 0.717) is 6.42 Å². The number of nitrogens with two attached hydrogens (primary N) is 1. The fourth-order valence-corrected chi connectivity index (χ4v) is 6.11. The fraction of sp³-hybridized carbons (Fsp3) is 0.435. The quantitative estimate of drug-likeness (QED) is 0.674. The first-order valence-electron chi connectivity index (χ1n) is 10.3. The summed E-state index contributed by atoms with van der Waals surface area (Å²) < 4.78 is 8.83. The molecule has 2 aromatic carbocycles. The molecule has 5 nitrogen and oxygen atoms in total. The Morgan fingerprint density at radius 3 is 2.41 bits per heavy atom. The average Bonchev–Trinajstić information content (AvgIpc) is 3.26. The van der Waals surface area contributed by atoms with E-state index in [4.69, 9.17) is 5.73 Å². The zero-order valence-electron chi connectivity index (χ0n) is 16.9. The summed E-state index contributed by atoms with van der Waals surface area (Å²) in [6.45, 7) is 4.42. The first kappa shape index (κ1) is 18.7. The van der Waals surface area contributed by atoms with Crippen molar-refractivity contribution in [2.24, 2.45) is 11.1 Å². The first-order valence-corrected chi connectivity index (χ1v) is 11.0. The van der Waals surface area contributed by atoms with Gasteiger partial charge >= 0.3 is 0 Å². The minimum Gasteiger partial charge on any atom is -0.321 e. The number of aromatic nitrogens is 2. The van der Waals surface area contributed by atoms with Crippen molar-refractivity contribution in [1.82, 2.24) is 8.75 Å². The molecular formula is C23H26N4OS. The SMILES string of the molecule is CC1(C)N(c2cccc3nsnc23)C(=O)CC12CCC(N)(c1ccccc1)CC2. The molecule has 5 rings (SSSR count). The summed E-state index contributed by atoms with van der Waals surface area (Å²) in [4.78, 5) is 15.3. The monoisotopic (exact) mass is 406 g/mol. The van der Waals surface area contributed by atoms with E-state index in [9.17, 15) is 4.79 Å². The molecule has 1 saturated heterocycles. The number of benzene rings is 2. The lowest BCUT2D eigenvalue weighted by Gasteiger charge is -2.51. The van der Waals surface area contributed by atoms with Gasteiger partial charge in [0.1, 0.15) is 11.0 Å². The predicted octanol–water partition coefficient (Wildman–Crippen LogP) is 4.62. The third-order valence-electron chi connectivity index (χ3n) is 7.55. The normalized spacial score (nSPS) is 29.1. The van der Waals surface area contributed by atoms with Gasteiger partial charge in [-0.1, -0.05) is 36.4 Å². The summed E-state index contributed by atoms with van der Waals surface area (Å²) in [5.74, 6) is 0.180. The smallest absolute Gasteiger partial charge is 0.228 e. The highest BCUT2D eigenvalue weighted by molar-refractivity contribution is 7.00. The molecule has 1 amide bonds. The van der Waals surface area contributed by atoms with Gasteiger partial charge < -0.3 is 10.6 Å². The number of fused-ring (bicyclic) bond motifs is 1. The standard InChI is InChI=1S/C23H26N4OS/c1-21(2)22(11-13-23(24,14-12-22)16-7-4-3-5-8-16)15-19(28)27(21)18-10-6-9-17-20(18)26-29-25-17/h3-10H,11-15,24H2,1-2H3. The van der Waals surface area contributed by atoms with Crippen molar-refractivity contribution in [3.8, 4) is 0 Å². The first-order chi connectivity index (χ1) is 13.9. The van der Waals surface area contributed by atoms with Crippen LogP contribution in [0.1, 0.15) is 51.5 Å². The zero-order valence-corrected chi connectivity index (χ0v) is 17.7. The van der Waals surface area contributed by atoms with Crippen molar-refractivity contribution in [3.63, 3.8) is 0 Å². The molecule has 1 aliphatic carbocycles. The van der Waals surface area contributed by atoms with Crippen molar-refractivity contribution in [3.05, 3.63) is 54.1 Å². The van der Waals surface area contributed by atoms with Gasteiger partial charge in [-0.3, -0.25) is 4.79 Å². The van der Waals surface area contributed by atoms with E-state index in [2.05, 4.69) is 46.9 Å². The molecule has 0 unspecified atom stereocenters. The summed E-state index contributed by atoms with van der Waals surface area (Å²) >= 11 is 1.20. The maximum atomic E-state index is 13.3. The molecule has 0 atom stereocenters. The lowest BCUT2D eigenvalue weighted by atomic mass is 9.58. The lowest BCUT2D eigenvalue weighted by Crippen LogP contribution is -2.54.